The Balaban J connectivity index is 1.92. The molecule has 0 radical (unpaired) electrons. The highest BCUT2D eigenvalue weighted by Gasteiger charge is 2.34. The minimum atomic E-state index is -0.0143. The van der Waals surface area contributed by atoms with Crippen molar-refractivity contribution in [3.8, 4) is 0 Å². The van der Waals surface area contributed by atoms with Crippen molar-refractivity contribution >= 4 is 5.97 Å². The van der Waals surface area contributed by atoms with Crippen LogP contribution >= 0.6 is 0 Å². The van der Waals surface area contributed by atoms with Gasteiger partial charge in [0.1, 0.15) is 6.10 Å². The fourth-order valence-corrected chi connectivity index (χ4v) is 2.46. The topological polar surface area (TPSA) is 26.3 Å². The third kappa shape index (κ3) is 3.32. The molecule has 1 saturated heterocycles. The number of rotatable bonds is 4. The molecule has 0 amide bonds. The molecule has 1 aromatic rings. The molecule has 0 saturated carbocycles. The average Bonchev–Trinajstić information content (AvgIpc) is 2.59. The van der Waals surface area contributed by atoms with Gasteiger partial charge in [-0.2, -0.15) is 0 Å². The van der Waals surface area contributed by atoms with E-state index >= 15 is 0 Å². The molecule has 1 heterocycles. The number of hydrogen-bond acceptors (Lipinski definition) is 2. The third-order valence-electron chi connectivity index (χ3n) is 3.22. The van der Waals surface area contributed by atoms with Crippen molar-refractivity contribution in [1.29, 1.82) is 0 Å². The van der Waals surface area contributed by atoms with E-state index in [4.69, 9.17) is 4.74 Å². The van der Waals surface area contributed by atoms with Crippen LogP contribution in [0.4, 0.5) is 0 Å². The molecule has 0 bridgehead atoms. The second-order valence-electron chi connectivity index (χ2n) is 5.31. The molecule has 92 valence electrons. The average molecular weight is 232 g/mol. The zero-order valence-electron chi connectivity index (χ0n) is 10.6. The molecule has 1 aliphatic rings. The predicted octanol–water partition coefficient (Wildman–Crippen LogP) is 3.21. The second-order valence-corrected chi connectivity index (χ2v) is 5.31. The van der Waals surface area contributed by atoms with Crippen LogP contribution in [0.25, 0.3) is 0 Å². The first-order valence-electron chi connectivity index (χ1n) is 6.39. The Labute approximate surface area is 103 Å². The molecule has 0 N–H and O–H groups in total. The molecule has 2 atom stereocenters. The van der Waals surface area contributed by atoms with Gasteiger partial charge >= 0.3 is 5.97 Å². The van der Waals surface area contributed by atoms with Crippen molar-refractivity contribution in [3.05, 3.63) is 35.9 Å². The van der Waals surface area contributed by atoms with Crippen LogP contribution in [0.2, 0.25) is 0 Å². The van der Waals surface area contributed by atoms with E-state index in [1.165, 1.54) is 5.56 Å². The molecule has 2 rings (SSSR count). The summed E-state index contributed by atoms with van der Waals surface area (Å²) in [5, 5.41) is 0. The van der Waals surface area contributed by atoms with E-state index in [-0.39, 0.29) is 18.0 Å². The van der Waals surface area contributed by atoms with Crippen LogP contribution in [-0.4, -0.2) is 12.1 Å². The highest BCUT2D eigenvalue weighted by Crippen LogP contribution is 2.28. The highest BCUT2D eigenvalue weighted by molar-refractivity contribution is 5.75. The third-order valence-corrected chi connectivity index (χ3v) is 3.22. The Morgan fingerprint density at radius 1 is 1.29 bits per heavy atom. The zero-order chi connectivity index (χ0) is 12.3. The monoisotopic (exact) mass is 232 g/mol. The van der Waals surface area contributed by atoms with Gasteiger partial charge in [0.15, 0.2) is 0 Å². The van der Waals surface area contributed by atoms with Gasteiger partial charge in [-0.05, 0) is 30.7 Å². The van der Waals surface area contributed by atoms with Gasteiger partial charge in [0.05, 0.1) is 5.92 Å². The van der Waals surface area contributed by atoms with Crippen molar-refractivity contribution < 1.29 is 9.53 Å². The SMILES string of the molecule is CC(C)C[C@H]1C[C@@H](Cc2ccccc2)C(=O)O1. The lowest BCUT2D eigenvalue weighted by atomic mass is 9.93. The van der Waals surface area contributed by atoms with Gasteiger partial charge in [-0.15, -0.1) is 0 Å². The molecule has 1 aliphatic heterocycles. The molecule has 0 aliphatic carbocycles. The summed E-state index contributed by atoms with van der Waals surface area (Å²) in [6.45, 7) is 4.33. The van der Waals surface area contributed by atoms with Crippen LogP contribution in [0.15, 0.2) is 30.3 Å². The van der Waals surface area contributed by atoms with Gasteiger partial charge in [0.25, 0.3) is 0 Å². The minimum absolute atomic E-state index is 0.0143. The lowest BCUT2D eigenvalue weighted by molar-refractivity contribution is -0.144. The van der Waals surface area contributed by atoms with E-state index in [1.54, 1.807) is 0 Å². The highest BCUT2D eigenvalue weighted by atomic mass is 16.5. The number of esters is 1. The molecule has 2 heteroatoms. The molecule has 0 spiro atoms. The van der Waals surface area contributed by atoms with E-state index in [9.17, 15) is 4.79 Å². The van der Waals surface area contributed by atoms with Crippen molar-refractivity contribution in [1.82, 2.24) is 0 Å². The quantitative estimate of drug-likeness (QED) is 0.745. The summed E-state index contributed by atoms with van der Waals surface area (Å²) < 4.78 is 5.42. The first-order chi connectivity index (χ1) is 8.15. The van der Waals surface area contributed by atoms with Gasteiger partial charge in [0, 0.05) is 0 Å². The normalized spacial score (nSPS) is 24.1. The van der Waals surface area contributed by atoms with E-state index < -0.39 is 0 Å². The molecule has 1 fully saturated rings. The molecular weight excluding hydrogens is 212 g/mol. The van der Waals surface area contributed by atoms with Crippen LogP contribution in [-0.2, 0) is 16.0 Å². The van der Waals surface area contributed by atoms with Crippen LogP contribution in [0.5, 0.6) is 0 Å². The van der Waals surface area contributed by atoms with Crippen molar-refractivity contribution in [2.75, 3.05) is 0 Å². The van der Waals surface area contributed by atoms with Gasteiger partial charge in [-0.25, -0.2) is 0 Å². The lowest BCUT2D eigenvalue weighted by Gasteiger charge is -2.10. The van der Waals surface area contributed by atoms with Gasteiger partial charge in [0.2, 0.25) is 0 Å². The number of benzene rings is 1. The first kappa shape index (κ1) is 12.2. The Morgan fingerprint density at radius 3 is 2.65 bits per heavy atom. The van der Waals surface area contributed by atoms with E-state index in [2.05, 4.69) is 26.0 Å². The van der Waals surface area contributed by atoms with Gasteiger partial charge in [-0.1, -0.05) is 44.2 Å². The van der Waals surface area contributed by atoms with E-state index in [1.807, 2.05) is 18.2 Å². The van der Waals surface area contributed by atoms with Crippen molar-refractivity contribution in [2.45, 2.75) is 39.2 Å². The molecule has 0 unspecified atom stereocenters. The Bertz CT molecular complexity index is 370. The molecular formula is C15H20O2. The smallest absolute Gasteiger partial charge is 0.309 e. The lowest BCUT2D eigenvalue weighted by Crippen LogP contribution is -2.10. The minimum Gasteiger partial charge on any atom is -0.462 e. The van der Waals surface area contributed by atoms with Crippen molar-refractivity contribution in [3.63, 3.8) is 0 Å². The Hall–Kier alpha value is -1.31. The Morgan fingerprint density at radius 2 is 2.00 bits per heavy atom. The number of hydrogen-bond donors (Lipinski definition) is 0. The van der Waals surface area contributed by atoms with Crippen LogP contribution in [0, 0.1) is 11.8 Å². The maximum absolute atomic E-state index is 11.7. The summed E-state index contributed by atoms with van der Waals surface area (Å²) in [4.78, 5) is 11.7. The van der Waals surface area contributed by atoms with Crippen LogP contribution in [0.3, 0.4) is 0 Å². The molecule has 1 aromatic carbocycles. The summed E-state index contributed by atoms with van der Waals surface area (Å²) in [7, 11) is 0. The number of carbonyl (C=O) groups excluding carboxylic acids is 1. The van der Waals surface area contributed by atoms with Crippen molar-refractivity contribution in [2.24, 2.45) is 11.8 Å². The first-order valence-corrected chi connectivity index (χ1v) is 6.39. The molecule has 2 nitrogen and oxygen atoms in total. The fraction of sp³-hybridized carbons (Fsp3) is 0.533. The number of carbonyl (C=O) groups is 1. The molecule has 0 aromatic heterocycles. The maximum Gasteiger partial charge on any atom is 0.309 e. The van der Waals surface area contributed by atoms with E-state index in [0.29, 0.717) is 5.92 Å². The molecule has 17 heavy (non-hydrogen) atoms. The maximum atomic E-state index is 11.7. The zero-order valence-corrected chi connectivity index (χ0v) is 10.6. The van der Waals surface area contributed by atoms with Crippen LogP contribution < -0.4 is 0 Å². The van der Waals surface area contributed by atoms with Gasteiger partial charge in [-0.3, -0.25) is 4.79 Å². The van der Waals surface area contributed by atoms with E-state index in [0.717, 1.165) is 19.3 Å². The van der Waals surface area contributed by atoms with Crippen LogP contribution in [0.1, 0.15) is 32.3 Å². The number of cyclic esters (lactones) is 1. The summed E-state index contributed by atoms with van der Waals surface area (Å²) in [5.74, 6) is 0.629. The number of ether oxygens (including phenoxy) is 1. The second kappa shape index (κ2) is 5.35. The Kier molecular flexibility index (Phi) is 3.82. The fourth-order valence-electron chi connectivity index (χ4n) is 2.46. The summed E-state index contributed by atoms with van der Waals surface area (Å²) in [5.41, 5.74) is 1.22. The summed E-state index contributed by atoms with van der Waals surface area (Å²) in [6.07, 6.45) is 2.81. The predicted molar refractivity (Wildman–Crippen MR) is 67.6 cm³/mol. The summed E-state index contributed by atoms with van der Waals surface area (Å²) >= 11 is 0. The van der Waals surface area contributed by atoms with Gasteiger partial charge < -0.3 is 4.74 Å². The standard InChI is InChI=1S/C15H20O2/c1-11(2)8-14-10-13(15(16)17-14)9-12-6-4-3-5-7-12/h3-7,11,13-14H,8-10H2,1-2H3/t13-,14+/m1/s1. The summed E-state index contributed by atoms with van der Waals surface area (Å²) in [6, 6.07) is 10.2. The largest absolute Gasteiger partial charge is 0.462 e.